The van der Waals surface area contributed by atoms with Crippen LogP contribution in [0.5, 0.6) is 0 Å². The Kier molecular flexibility index (Phi) is 7.88. The van der Waals surface area contributed by atoms with Crippen molar-refractivity contribution in [1.82, 2.24) is 29.7 Å². The molecule has 0 amide bonds. The summed E-state index contributed by atoms with van der Waals surface area (Å²) < 4.78 is 52.5. The van der Waals surface area contributed by atoms with E-state index in [-0.39, 0.29) is 30.3 Å². The highest BCUT2D eigenvalue weighted by molar-refractivity contribution is 5.87. The summed E-state index contributed by atoms with van der Waals surface area (Å²) in [5.74, 6) is 1.50. The van der Waals surface area contributed by atoms with Gasteiger partial charge in [0.25, 0.3) is 0 Å². The summed E-state index contributed by atoms with van der Waals surface area (Å²) >= 11 is 0. The van der Waals surface area contributed by atoms with E-state index >= 15 is 0 Å². The molecule has 6 rings (SSSR count). The Bertz CT molecular complexity index is 1620. The molecule has 1 saturated carbocycles. The number of nitrogens with zero attached hydrogens (tertiary/aromatic N) is 6. The smallest absolute Gasteiger partial charge is 0.377 e. The van der Waals surface area contributed by atoms with Crippen LogP contribution in [-0.2, 0) is 17.5 Å². The van der Waals surface area contributed by atoms with Gasteiger partial charge in [-0.1, -0.05) is 37.6 Å². The Morgan fingerprint density at radius 1 is 1.12 bits per heavy atom. The summed E-state index contributed by atoms with van der Waals surface area (Å²) in [6.45, 7) is 8.28. The quantitative estimate of drug-likeness (QED) is 0.270. The third-order valence-corrected chi connectivity index (χ3v) is 8.31. The van der Waals surface area contributed by atoms with E-state index in [4.69, 9.17) is 19.2 Å². The molecule has 4 aromatic rings. The zero-order valence-electron chi connectivity index (χ0n) is 24.3. The van der Waals surface area contributed by atoms with Gasteiger partial charge < -0.3 is 19.5 Å². The zero-order chi connectivity index (χ0) is 30.3. The number of aromatic nitrogens is 6. The molecule has 0 spiro atoms. The molecule has 1 aliphatic heterocycles. The molecule has 0 radical (unpaired) electrons. The van der Waals surface area contributed by atoms with Crippen molar-refractivity contribution >= 4 is 22.9 Å². The minimum absolute atomic E-state index is 0.0431. The lowest BCUT2D eigenvalue weighted by Crippen LogP contribution is -2.47. The highest BCUT2D eigenvalue weighted by Gasteiger charge is 2.33. The lowest BCUT2D eigenvalue weighted by Gasteiger charge is -2.37. The first-order valence-electron chi connectivity index (χ1n) is 14.7. The second kappa shape index (κ2) is 11.6. The number of halogens is 3. The Morgan fingerprint density at radius 3 is 2.51 bits per heavy atom. The summed E-state index contributed by atoms with van der Waals surface area (Å²) in [7, 11) is 0. The van der Waals surface area contributed by atoms with Crippen LogP contribution < -0.4 is 16.0 Å². The van der Waals surface area contributed by atoms with Gasteiger partial charge in [-0.05, 0) is 55.7 Å². The Balaban J connectivity index is 1.51. The summed E-state index contributed by atoms with van der Waals surface area (Å²) in [5, 5.41) is 7.35. The number of ether oxygens (including phenoxy) is 1. The average molecular weight is 601 g/mol. The molecule has 2 fully saturated rings. The topological polar surface area (TPSA) is 127 Å². The maximum atomic E-state index is 13.3. The van der Waals surface area contributed by atoms with E-state index in [1.165, 1.54) is 18.6 Å². The van der Waals surface area contributed by atoms with Crippen LogP contribution in [0.4, 0.5) is 24.9 Å². The van der Waals surface area contributed by atoms with E-state index < -0.39 is 17.5 Å². The lowest BCUT2D eigenvalue weighted by molar-refractivity contribution is -0.137. The first-order chi connectivity index (χ1) is 20.6. The van der Waals surface area contributed by atoms with Gasteiger partial charge >= 0.3 is 11.9 Å². The van der Waals surface area contributed by atoms with Crippen LogP contribution >= 0.6 is 0 Å². The third kappa shape index (κ3) is 6.10. The monoisotopic (exact) mass is 600 g/mol. The number of nitrogens with one attached hydrogen (secondary N) is 2. The fourth-order valence-electron chi connectivity index (χ4n) is 5.84. The molecule has 2 unspecified atom stereocenters. The van der Waals surface area contributed by atoms with E-state index in [0.29, 0.717) is 60.1 Å². The molecule has 2 aliphatic rings. The molecule has 0 bridgehead atoms. The molecule has 1 saturated heterocycles. The summed E-state index contributed by atoms with van der Waals surface area (Å²) in [6.07, 6.45) is -0.181. The predicted octanol–water partition coefficient (Wildman–Crippen LogP) is 5.09. The second-order valence-electron chi connectivity index (χ2n) is 11.9. The predicted molar refractivity (Wildman–Crippen MR) is 154 cm³/mol. The van der Waals surface area contributed by atoms with Crippen molar-refractivity contribution < 1.29 is 22.4 Å². The van der Waals surface area contributed by atoms with E-state index in [0.717, 1.165) is 31.4 Å². The molecule has 1 aromatic carbocycles. The molecule has 2 N–H and O–H groups in total. The molecule has 4 heterocycles. The van der Waals surface area contributed by atoms with E-state index in [2.05, 4.69) is 46.1 Å². The van der Waals surface area contributed by atoms with Crippen molar-refractivity contribution in [2.75, 3.05) is 30.0 Å². The van der Waals surface area contributed by atoms with Crippen LogP contribution in [0.25, 0.3) is 22.8 Å². The maximum absolute atomic E-state index is 13.3. The van der Waals surface area contributed by atoms with Crippen LogP contribution in [0.3, 0.4) is 0 Å². The minimum atomic E-state index is -4.43. The molecule has 14 heteroatoms. The largest absolute Gasteiger partial charge is 0.439 e. The SMILES string of the molecule is CC(C)CC1COCCN1c1nc2nc(-c3noc(=O)[nH]3)nc(NC(C)C3CCC3)c2n1Cc1ccc(C(F)(F)F)cc1. The van der Waals surface area contributed by atoms with Crippen LogP contribution in [0.15, 0.2) is 33.6 Å². The van der Waals surface area contributed by atoms with E-state index in [1.54, 1.807) is 0 Å². The van der Waals surface area contributed by atoms with Gasteiger partial charge in [0.2, 0.25) is 17.6 Å². The zero-order valence-corrected chi connectivity index (χ0v) is 24.3. The van der Waals surface area contributed by atoms with Crippen molar-refractivity contribution in [2.24, 2.45) is 11.8 Å². The van der Waals surface area contributed by atoms with Crippen LogP contribution in [0, 0.1) is 11.8 Å². The van der Waals surface area contributed by atoms with Crippen LogP contribution in [0.1, 0.15) is 57.6 Å². The number of H-pyrrole nitrogens is 1. The highest BCUT2D eigenvalue weighted by Crippen LogP contribution is 2.36. The number of imidazole rings is 1. The fourth-order valence-corrected chi connectivity index (χ4v) is 5.84. The van der Waals surface area contributed by atoms with Gasteiger partial charge in [0.15, 0.2) is 11.5 Å². The molecular weight excluding hydrogens is 565 g/mol. The Morgan fingerprint density at radius 2 is 1.88 bits per heavy atom. The van der Waals surface area contributed by atoms with Gasteiger partial charge in [0.05, 0.1) is 31.4 Å². The molecule has 3 aromatic heterocycles. The Hall–Kier alpha value is -3.94. The number of rotatable bonds is 9. The normalized spacial score (nSPS) is 18.8. The van der Waals surface area contributed by atoms with Crippen molar-refractivity contribution in [3.8, 4) is 11.6 Å². The lowest BCUT2D eigenvalue weighted by atomic mass is 9.80. The first kappa shape index (κ1) is 29.1. The number of anilines is 2. The molecular formula is C29H35F3N8O3. The number of alkyl halides is 3. The van der Waals surface area contributed by atoms with Crippen molar-refractivity contribution in [3.05, 3.63) is 45.9 Å². The van der Waals surface area contributed by atoms with Crippen LogP contribution in [0.2, 0.25) is 0 Å². The van der Waals surface area contributed by atoms with Gasteiger partial charge in [-0.2, -0.15) is 18.2 Å². The average Bonchev–Trinajstić information content (AvgIpc) is 3.51. The molecule has 1 aliphatic carbocycles. The standard InChI is InChI=1S/C29H35F3N8O3/c1-16(2)13-21-15-42-12-11-39(21)27-36-24-22(40(27)14-18-7-9-20(10-8-18)29(30,31)32)23(33-17(3)19-5-4-6-19)34-25(35-24)26-37-28(41)43-38-26/h7-10,16-17,19,21H,4-6,11-15H2,1-3H3,(H,33,34,35)(H,37,38,41). The van der Waals surface area contributed by atoms with Crippen molar-refractivity contribution in [3.63, 3.8) is 0 Å². The van der Waals surface area contributed by atoms with Gasteiger partial charge in [0, 0.05) is 12.6 Å². The number of benzene rings is 1. The number of morpholine rings is 1. The second-order valence-corrected chi connectivity index (χ2v) is 11.9. The summed E-state index contributed by atoms with van der Waals surface area (Å²) in [5.41, 5.74) is 0.952. The summed E-state index contributed by atoms with van der Waals surface area (Å²) in [4.78, 5) is 30.9. The van der Waals surface area contributed by atoms with Gasteiger partial charge in [-0.3, -0.25) is 9.51 Å². The van der Waals surface area contributed by atoms with E-state index in [9.17, 15) is 18.0 Å². The molecule has 230 valence electrons. The number of fused-ring (bicyclic) bond motifs is 1. The van der Waals surface area contributed by atoms with Gasteiger partial charge in [-0.25, -0.2) is 14.8 Å². The first-order valence-corrected chi connectivity index (χ1v) is 14.7. The maximum Gasteiger partial charge on any atom is 0.439 e. The molecule has 43 heavy (non-hydrogen) atoms. The molecule has 2 atom stereocenters. The third-order valence-electron chi connectivity index (χ3n) is 8.31. The van der Waals surface area contributed by atoms with Gasteiger partial charge in [0.1, 0.15) is 5.52 Å². The fraction of sp³-hybridized carbons (Fsp3) is 0.552. The number of hydrogen-bond acceptors (Lipinski definition) is 9. The van der Waals surface area contributed by atoms with Crippen molar-refractivity contribution in [2.45, 2.75) is 71.3 Å². The highest BCUT2D eigenvalue weighted by atomic mass is 19.4. The Labute approximate surface area is 245 Å². The summed E-state index contributed by atoms with van der Waals surface area (Å²) in [6, 6.07) is 5.30. The van der Waals surface area contributed by atoms with Crippen LogP contribution in [-0.4, -0.2) is 61.5 Å². The number of aromatic amines is 1. The number of hydrogen-bond donors (Lipinski definition) is 2. The minimum Gasteiger partial charge on any atom is -0.377 e. The van der Waals surface area contributed by atoms with Crippen molar-refractivity contribution in [1.29, 1.82) is 0 Å². The molecule has 11 nitrogen and oxygen atoms in total. The van der Waals surface area contributed by atoms with E-state index in [1.807, 2.05) is 4.57 Å². The van der Waals surface area contributed by atoms with Gasteiger partial charge in [-0.15, -0.1) is 0 Å².